The number of rotatable bonds is 5. The lowest BCUT2D eigenvalue weighted by Gasteiger charge is -2.18. The van der Waals surface area contributed by atoms with Crippen molar-refractivity contribution in [1.29, 1.82) is 0 Å². The van der Waals surface area contributed by atoms with Gasteiger partial charge in [0, 0.05) is 0 Å². The maximum Gasteiger partial charge on any atom is 0.348 e. The normalized spacial score (nSPS) is 12.9. The molecule has 0 aromatic heterocycles. The van der Waals surface area contributed by atoms with Gasteiger partial charge in [-0.05, 0) is 11.8 Å². The third-order valence-electron chi connectivity index (χ3n) is 0.502. The highest BCUT2D eigenvalue weighted by atomic mass is 35.5. The van der Waals surface area contributed by atoms with Gasteiger partial charge in [-0.1, -0.05) is 46.4 Å². The summed E-state index contributed by atoms with van der Waals surface area (Å²) in [6, 6.07) is 0. The van der Waals surface area contributed by atoms with E-state index in [2.05, 4.69) is 24.9 Å². The molecule has 3 nitrogen and oxygen atoms in total. The van der Waals surface area contributed by atoms with Crippen molar-refractivity contribution < 1.29 is 13.1 Å². The quantitative estimate of drug-likeness (QED) is 0.567. The summed E-state index contributed by atoms with van der Waals surface area (Å²) in [5, 5.41) is -2.44. The number of alkyl halides is 4. The predicted octanol–water partition coefficient (Wildman–Crippen LogP) is 3.94. The lowest BCUT2D eigenvalue weighted by atomic mass is 11.7. The molecule has 0 aromatic carbocycles. The van der Waals surface area contributed by atoms with Crippen LogP contribution in [-0.2, 0) is 24.9 Å². The van der Waals surface area contributed by atoms with Crippen LogP contribution >= 0.6 is 65.0 Å². The van der Waals surface area contributed by atoms with E-state index in [1.165, 1.54) is 0 Å². The molecule has 0 saturated carbocycles. The first-order chi connectivity index (χ1) is 5.39. The summed E-state index contributed by atoms with van der Waals surface area (Å²) in [7, 11) is 0. The molecule has 0 fully saturated rings. The van der Waals surface area contributed by atoms with Crippen LogP contribution in [0.1, 0.15) is 0 Å². The number of halogens is 5. The van der Waals surface area contributed by atoms with Crippen LogP contribution in [0.5, 0.6) is 0 Å². The molecule has 0 atom stereocenters. The van der Waals surface area contributed by atoms with E-state index in [9.17, 15) is 0 Å². The fourth-order valence-electron chi connectivity index (χ4n) is 0.253. The maximum absolute atomic E-state index is 5.22. The molecular weight excluding hydrogens is 312 g/mol. The van der Waals surface area contributed by atoms with Crippen LogP contribution in [0, 0.1) is 0 Å². The summed E-state index contributed by atoms with van der Waals surface area (Å²) in [6.07, 6.45) is 0. The van der Waals surface area contributed by atoms with Crippen molar-refractivity contribution in [1.82, 2.24) is 0 Å². The summed E-state index contributed by atoms with van der Waals surface area (Å²) in [6.45, 7) is -3.24. The van der Waals surface area contributed by atoms with Crippen molar-refractivity contribution in [3.63, 3.8) is 0 Å². The standard InChI is InChI=1S/C2H2Cl5O3PS/c3-1(4)8-11(12,10-7)9-2(5)6/h1-2H. The first-order valence-electron chi connectivity index (χ1n) is 2.23. The molecule has 0 radical (unpaired) electrons. The minimum Gasteiger partial charge on any atom is -0.273 e. The van der Waals surface area contributed by atoms with Gasteiger partial charge in [-0.15, -0.1) is 0 Å². The molecule has 0 rings (SSSR count). The van der Waals surface area contributed by atoms with Crippen LogP contribution in [0.25, 0.3) is 0 Å². The van der Waals surface area contributed by atoms with Crippen LogP contribution in [0.4, 0.5) is 0 Å². The van der Waals surface area contributed by atoms with E-state index in [0.29, 0.717) is 0 Å². The Morgan fingerprint density at radius 2 is 1.33 bits per heavy atom. The van der Waals surface area contributed by atoms with E-state index in [4.69, 9.17) is 58.3 Å². The molecule has 0 heterocycles. The van der Waals surface area contributed by atoms with Gasteiger partial charge in [0.1, 0.15) is 0 Å². The molecule has 0 saturated heterocycles. The van der Waals surface area contributed by atoms with Crippen LogP contribution in [-0.4, -0.2) is 10.0 Å². The van der Waals surface area contributed by atoms with E-state index in [1.54, 1.807) is 0 Å². The van der Waals surface area contributed by atoms with Crippen molar-refractivity contribution in [3.8, 4) is 0 Å². The second-order valence-corrected chi connectivity index (χ2v) is 6.49. The predicted molar refractivity (Wildman–Crippen MR) is 54.4 cm³/mol. The molecule has 0 unspecified atom stereocenters. The average Bonchev–Trinajstić information content (AvgIpc) is 1.83. The van der Waals surface area contributed by atoms with Crippen LogP contribution in [0.2, 0.25) is 0 Å². The van der Waals surface area contributed by atoms with Crippen molar-refractivity contribution in [3.05, 3.63) is 0 Å². The van der Waals surface area contributed by atoms with Crippen molar-refractivity contribution in [2.24, 2.45) is 0 Å². The third kappa shape index (κ3) is 6.44. The molecule has 0 aliphatic carbocycles. The molecule has 12 heavy (non-hydrogen) atoms. The highest BCUT2D eigenvalue weighted by Gasteiger charge is 2.26. The van der Waals surface area contributed by atoms with E-state index >= 15 is 0 Å². The Labute approximate surface area is 99.5 Å². The Kier molecular flexibility index (Phi) is 7.53. The molecule has 74 valence electrons. The summed E-state index contributed by atoms with van der Waals surface area (Å²) in [5.41, 5.74) is 0. The molecule has 0 aromatic rings. The fourth-order valence-corrected chi connectivity index (χ4v) is 3.30. The number of hydrogen-bond acceptors (Lipinski definition) is 4. The summed E-state index contributed by atoms with van der Waals surface area (Å²) >= 11 is 30.5. The Balaban J connectivity index is 4.15. The van der Waals surface area contributed by atoms with Crippen molar-refractivity contribution in [2.75, 3.05) is 0 Å². The number of hydrogen-bond donors (Lipinski definition) is 0. The van der Waals surface area contributed by atoms with Crippen LogP contribution in [0.15, 0.2) is 0 Å². The highest BCUT2D eigenvalue weighted by Crippen LogP contribution is 2.54. The van der Waals surface area contributed by atoms with Crippen molar-refractivity contribution >= 4 is 76.8 Å². The van der Waals surface area contributed by atoms with Gasteiger partial charge in [0.05, 0.1) is 11.9 Å². The fraction of sp³-hybridized carbons (Fsp3) is 1.00. The first-order valence-corrected chi connectivity index (χ1v) is 6.84. The molecule has 0 aliphatic rings. The van der Waals surface area contributed by atoms with Crippen LogP contribution in [0.3, 0.4) is 0 Å². The molecule has 0 spiro atoms. The van der Waals surface area contributed by atoms with E-state index in [-0.39, 0.29) is 0 Å². The first kappa shape index (κ1) is 14.0. The van der Waals surface area contributed by atoms with Gasteiger partial charge in [0.15, 0.2) is 0 Å². The van der Waals surface area contributed by atoms with Gasteiger partial charge in [0.25, 0.3) is 0 Å². The highest BCUT2D eigenvalue weighted by molar-refractivity contribution is 8.07. The van der Waals surface area contributed by atoms with Gasteiger partial charge in [0.2, 0.25) is 10.0 Å². The monoisotopic (exact) mass is 312 g/mol. The average molecular weight is 314 g/mol. The molecule has 0 amide bonds. The lowest BCUT2D eigenvalue weighted by molar-refractivity contribution is 0.231. The van der Waals surface area contributed by atoms with Gasteiger partial charge in [-0.3, -0.25) is 9.05 Å². The topological polar surface area (TPSA) is 27.7 Å². The minimum absolute atomic E-state index is 1.22. The maximum atomic E-state index is 5.22. The minimum atomic E-state index is -3.24. The molecule has 0 N–H and O–H groups in total. The summed E-state index contributed by atoms with van der Waals surface area (Å²) in [4.78, 5) is 0. The smallest absolute Gasteiger partial charge is 0.273 e. The largest absolute Gasteiger partial charge is 0.348 e. The zero-order chi connectivity index (χ0) is 9.78. The second kappa shape index (κ2) is 6.46. The molecule has 0 aliphatic heterocycles. The van der Waals surface area contributed by atoms with Gasteiger partial charge in [-0.25, -0.2) is 0 Å². The summed E-state index contributed by atoms with van der Waals surface area (Å²) < 4.78 is 13.4. The third-order valence-corrected chi connectivity index (χ3v) is 3.99. The Morgan fingerprint density at radius 1 is 1.00 bits per heavy atom. The molecular formula is C2H2Cl5O3PS. The van der Waals surface area contributed by atoms with Crippen molar-refractivity contribution in [2.45, 2.75) is 10.0 Å². The van der Waals surface area contributed by atoms with Gasteiger partial charge >= 0.3 is 6.72 Å². The van der Waals surface area contributed by atoms with Crippen LogP contribution < -0.4 is 0 Å². The Morgan fingerprint density at radius 3 is 1.50 bits per heavy atom. The van der Waals surface area contributed by atoms with E-state index in [0.717, 1.165) is 0 Å². The Hall–Kier alpha value is 1.98. The Bertz CT molecular complexity index is 162. The second-order valence-electron chi connectivity index (χ2n) is 1.25. The SMILES string of the molecule is S=P(OCl)(OC(Cl)Cl)OC(Cl)Cl. The zero-order valence-electron chi connectivity index (χ0n) is 5.12. The van der Waals surface area contributed by atoms with E-state index in [1.807, 2.05) is 0 Å². The molecule has 10 heteroatoms. The molecule has 0 bridgehead atoms. The van der Waals surface area contributed by atoms with Gasteiger partial charge in [-0.2, -0.15) is 4.08 Å². The van der Waals surface area contributed by atoms with Gasteiger partial charge < -0.3 is 0 Å². The summed E-state index contributed by atoms with van der Waals surface area (Å²) in [5.74, 6) is 0. The van der Waals surface area contributed by atoms with E-state index < -0.39 is 16.8 Å². The zero-order valence-corrected chi connectivity index (χ0v) is 10.6. The lowest BCUT2D eigenvalue weighted by Crippen LogP contribution is -2.01.